The molecule has 2 aromatic carbocycles. The number of likely N-dealkylation sites (N-methyl/N-ethyl adjacent to an activating group) is 1. The smallest absolute Gasteiger partial charge is 0.246 e. The van der Waals surface area contributed by atoms with Gasteiger partial charge in [-0.3, -0.25) is 14.4 Å². The second kappa shape index (κ2) is 11.9. The molecule has 2 N–H and O–H groups in total. The van der Waals surface area contributed by atoms with Crippen LogP contribution < -0.4 is 15.4 Å². The Morgan fingerprint density at radius 1 is 1.05 bits per heavy atom. The maximum Gasteiger partial charge on any atom is 0.246 e. The number of ether oxygens (including phenoxy) is 2. The summed E-state index contributed by atoms with van der Waals surface area (Å²) in [5.41, 5.74) is 0.619. The lowest BCUT2D eigenvalue weighted by Gasteiger charge is -2.34. The van der Waals surface area contributed by atoms with Gasteiger partial charge in [0.15, 0.2) is 0 Å². The van der Waals surface area contributed by atoms with Crippen LogP contribution in [0.4, 0.5) is 5.69 Å². The van der Waals surface area contributed by atoms with Gasteiger partial charge in [-0.1, -0.05) is 61.7 Å². The summed E-state index contributed by atoms with van der Waals surface area (Å²) in [6, 6.07) is 16.5. The van der Waals surface area contributed by atoms with E-state index >= 15 is 0 Å². The van der Waals surface area contributed by atoms with Crippen LogP contribution in [0.25, 0.3) is 0 Å². The van der Waals surface area contributed by atoms with Gasteiger partial charge in [0, 0.05) is 31.4 Å². The maximum atomic E-state index is 14.2. The Labute approximate surface area is 247 Å². The molecule has 4 aliphatic rings. The molecule has 3 amide bonds. The molecule has 0 aromatic heterocycles. The molecule has 0 unspecified atom stereocenters. The van der Waals surface area contributed by atoms with Crippen LogP contribution in [0.1, 0.15) is 37.7 Å². The van der Waals surface area contributed by atoms with E-state index in [-0.39, 0.29) is 23.8 Å². The van der Waals surface area contributed by atoms with Crippen molar-refractivity contribution in [3.8, 4) is 5.75 Å². The van der Waals surface area contributed by atoms with E-state index in [0.717, 1.165) is 32.2 Å². The van der Waals surface area contributed by atoms with Crippen molar-refractivity contribution in [2.24, 2.45) is 11.8 Å². The number of methoxy groups -OCH3 is 1. The second-order valence-corrected chi connectivity index (χ2v) is 12.0. The first kappa shape index (κ1) is 28.4. The first-order valence-corrected chi connectivity index (χ1v) is 15.0. The fourth-order valence-corrected chi connectivity index (χ4v) is 7.19. The predicted molar refractivity (Wildman–Crippen MR) is 159 cm³/mol. The lowest BCUT2D eigenvalue weighted by Crippen LogP contribution is -2.57. The van der Waals surface area contributed by atoms with Gasteiger partial charge in [-0.15, -0.1) is 0 Å². The van der Waals surface area contributed by atoms with E-state index in [1.807, 2.05) is 37.4 Å². The van der Waals surface area contributed by atoms with Crippen molar-refractivity contribution >= 4 is 23.4 Å². The van der Waals surface area contributed by atoms with Crippen molar-refractivity contribution in [1.29, 1.82) is 0 Å². The lowest BCUT2D eigenvalue weighted by molar-refractivity contribution is -0.141. The van der Waals surface area contributed by atoms with E-state index < -0.39 is 29.6 Å². The summed E-state index contributed by atoms with van der Waals surface area (Å²) in [5.74, 6) is -1.50. The number of anilines is 1. The van der Waals surface area contributed by atoms with E-state index in [1.165, 1.54) is 12.0 Å². The van der Waals surface area contributed by atoms with Crippen molar-refractivity contribution < 1.29 is 23.9 Å². The number of fused-ring (bicyclic) bond motifs is 1. The molecule has 9 heteroatoms. The van der Waals surface area contributed by atoms with Crippen LogP contribution in [0.15, 0.2) is 66.7 Å². The van der Waals surface area contributed by atoms with Crippen LogP contribution in [0.3, 0.4) is 0 Å². The normalized spacial score (nSPS) is 28.3. The number of hydrogen-bond donors (Lipinski definition) is 2. The summed E-state index contributed by atoms with van der Waals surface area (Å²) in [6.07, 6.45) is 8.39. The molecule has 222 valence electrons. The van der Waals surface area contributed by atoms with Gasteiger partial charge in [0.05, 0.1) is 25.0 Å². The highest BCUT2D eigenvalue weighted by atomic mass is 16.5. The number of hydrogen-bond acceptors (Lipinski definition) is 6. The summed E-state index contributed by atoms with van der Waals surface area (Å²) < 4.78 is 11.7. The number of benzene rings is 2. The molecule has 3 fully saturated rings. The molecular weight excluding hydrogens is 532 g/mol. The Hall–Kier alpha value is -3.69. The highest BCUT2D eigenvalue weighted by molar-refractivity contribution is 6.02. The molecule has 2 bridgehead atoms. The van der Waals surface area contributed by atoms with Gasteiger partial charge in [0.2, 0.25) is 17.7 Å². The number of likely N-dealkylation sites (tertiary alicyclic amines) is 1. The molecule has 9 nitrogen and oxygen atoms in total. The molecule has 2 aromatic rings. The van der Waals surface area contributed by atoms with Crippen LogP contribution in [-0.4, -0.2) is 78.6 Å². The molecule has 1 spiro atoms. The number of carbonyl (C=O) groups is 3. The molecule has 42 heavy (non-hydrogen) atoms. The Kier molecular flexibility index (Phi) is 8.05. The molecule has 2 saturated heterocycles. The standard InChI is InChI=1S/C33H40N4O5/c1-36(21-22-9-5-3-6-10-22)19-20-37-29(31(39)35-23-11-7-4-8-12-23)33-18-17-26(42-33)27(28(33)32(37)40)30(38)34-24-13-15-25(41-2)16-14-24/h3,5-6,9-10,13-18,23,26-29H,4,7-8,11-12,19-21H2,1-2H3,(H,34,38)(H,35,39)/t26-,27+,28-,29-,33-/m0/s1. The van der Waals surface area contributed by atoms with E-state index in [0.29, 0.717) is 24.5 Å². The molecule has 3 aliphatic heterocycles. The molecule has 6 rings (SSSR count). The lowest BCUT2D eigenvalue weighted by atomic mass is 9.74. The van der Waals surface area contributed by atoms with Crippen LogP contribution in [-0.2, 0) is 25.7 Å². The zero-order chi connectivity index (χ0) is 29.3. The topological polar surface area (TPSA) is 100 Å². The van der Waals surface area contributed by atoms with Gasteiger partial charge >= 0.3 is 0 Å². The Bertz CT molecular complexity index is 1330. The SMILES string of the molecule is COc1ccc(NC(=O)[C@@H]2[C@@H]3C=C[C@]4(O3)[C@@H]2C(=O)N(CCN(C)Cc2ccccc2)[C@H]4C(=O)NC2CCCCC2)cc1. The van der Waals surface area contributed by atoms with Crippen LogP contribution >= 0.6 is 0 Å². The van der Waals surface area contributed by atoms with Crippen molar-refractivity contribution in [2.75, 3.05) is 32.6 Å². The van der Waals surface area contributed by atoms with Crippen LogP contribution in [0.5, 0.6) is 5.75 Å². The van der Waals surface area contributed by atoms with Gasteiger partial charge < -0.3 is 29.9 Å². The number of amides is 3. The minimum atomic E-state index is -1.17. The predicted octanol–water partition coefficient (Wildman–Crippen LogP) is 3.37. The van der Waals surface area contributed by atoms with E-state index in [2.05, 4.69) is 27.7 Å². The molecule has 1 aliphatic carbocycles. The highest BCUT2D eigenvalue weighted by Crippen LogP contribution is 2.55. The third-order valence-corrected chi connectivity index (χ3v) is 9.25. The van der Waals surface area contributed by atoms with E-state index in [1.54, 1.807) is 36.3 Å². The summed E-state index contributed by atoms with van der Waals surface area (Å²) in [6.45, 7) is 1.66. The quantitative estimate of drug-likeness (QED) is 0.424. The monoisotopic (exact) mass is 572 g/mol. The minimum absolute atomic E-state index is 0.0937. The van der Waals surface area contributed by atoms with Crippen molar-refractivity contribution in [1.82, 2.24) is 15.1 Å². The number of rotatable bonds is 10. The Morgan fingerprint density at radius 2 is 1.79 bits per heavy atom. The van der Waals surface area contributed by atoms with Crippen molar-refractivity contribution in [2.45, 2.75) is 62.4 Å². The Morgan fingerprint density at radius 3 is 2.50 bits per heavy atom. The fourth-order valence-electron chi connectivity index (χ4n) is 7.19. The first-order chi connectivity index (χ1) is 20.4. The average molecular weight is 573 g/mol. The van der Waals surface area contributed by atoms with Gasteiger partial charge in [0.25, 0.3) is 0 Å². The summed E-state index contributed by atoms with van der Waals surface area (Å²) >= 11 is 0. The van der Waals surface area contributed by atoms with Gasteiger partial charge in [0.1, 0.15) is 17.4 Å². The van der Waals surface area contributed by atoms with Crippen molar-refractivity contribution in [3.63, 3.8) is 0 Å². The Balaban J connectivity index is 1.24. The average Bonchev–Trinajstić information content (AvgIpc) is 3.64. The summed E-state index contributed by atoms with van der Waals surface area (Å²) in [4.78, 5) is 45.7. The maximum absolute atomic E-state index is 14.2. The fraction of sp³-hybridized carbons (Fsp3) is 0.485. The first-order valence-electron chi connectivity index (χ1n) is 15.0. The molecule has 3 heterocycles. The second-order valence-electron chi connectivity index (χ2n) is 12.0. The van der Waals surface area contributed by atoms with Crippen molar-refractivity contribution in [3.05, 3.63) is 72.3 Å². The van der Waals surface area contributed by atoms with E-state index in [4.69, 9.17) is 9.47 Å². The summed E-state index contributed by atoms with van der Waals surface area (Å²) in [7, 11) is 3.60. The van der Waals surface area contributed by atoms with Crippen LogP contribution in [0, 0.1) is 11.8 Å². The zero-order valence-corrected chi connectivity index (χ0v) is 24.3. The highest BCUT2D eigenvalue weighted by Gasteiger charge is 2.72. The summed E-state index contributed by atoms with van der Waals surface area (Å²) in [5, 5.41) is 6.22. The number of carbonyl (C=O) groups excluding carboxylic acids is 3. The van der Waals surface area contributed by atoms with Gasteiger partial charge in [-0.2, -0.15) is 0 Å². The molecule has 1 saturated carbocycles. The third kappa shape index (κ3) is 5.31. The van der Waals surface area contributed by atoms with E-state index in [9.17, 15) is 14.4 Å². The zero-order valence-electron chi connectivity index (χ0n) is 24.3. The van der Waals surface area contributed by atoms with Crippen LogP contribution in [0.2, 0.25) is 0 Å². The molecular formula is C33H40N4O5. The third-order valence-electron chi connectivity index (χ3n) is 9.25. The minimum Gasteiger partial charge on any atom is -0.497 e. The number of nitrogens with zero attached hydrogens (tertiary/aromatic N) is 2. The van der Waals surface area contributed by atoms with Gasteiger partial charge in [-0.05, 0) is 49.7 Å². The molecule has 5 atom stereocenters. The molecule has 0 radical (unpaired) electrons. The number of nitrogens with one attached hydrogen (secondary N) is 2. The largest absolute Gasteiger partial charge is 0.497 e. The van der Waals surface area contributed by atoms with Gasteiger partial charge in [-0.25, -0.2) is 0 Å².